The predicted octanol–water partition coefficient (Wildman–Crippen LogP) is 2.71. The maximum atomic E-state index is 13.0. The molecule has 1 atom stereocenters. The molecule has 1 saturated heterocycles. The van der Waals surface area contributed by atoms with Crippen LogP contribution in [0.15, 0.2) is 42.5 Å². The van der Waals surface area contributed by atoms with Crippen LogP contribution in [0.3, 0.4) is 0 Å². The van der Waals surface area contributed by atoms with Crippen LogP contribution < -0.4 is 14.2 Å². The maximum Gasteiger partial charge on any atom is 0.263 e. The number of amides is 1. The van der Waals surface area contributed by atoms with E-state index in [4.69, 9.17) is 14.2 Å². The van der Waals surface area contributed by atoms with Crippen LogP contribution >= 0.6 is 0 Å². The molecule has 0 N–H and O–H groups in total. The van der Waals surface area contributed by atoms with Crippen molar-refractivity contribution in [1.82, 2.24) is 9.80 Å². The summed E-state index contributed by atoms with van der Waals surface area (Å²) in [4.78, 5) is 16.8. The number of halogens is 1. The highest BCUT2D eigenvalue weighted by molar-refractivity contribution is 5.81. The number of carbonyl (C=O) groups excluding carboxylic acids is 1. The van der Waals surface area contributed by atoms with Gasteiger partial charge in [-0.15, -0.1) is 0 Å². The van der Waals surface area contributed by atoms with Crippen molar-refractivity contribution in [2.75, 3.05) is 39.4 Å². The van der Waals surface area contributed by atoms with Crippen LogP contribution in [-0.2, 0) is 11.3 Å². The van der Waals surface area contributed by atoms with Gasteiger partial charge in [0, 0.05) is 32.7 Å². The van der Waals surface area contributed by atoms with Gasteiger partial charge >= 0.3 is 0 Å². The van der Waals surface area contributed by atoms with E-state index in [1.54, 1.807) is 6.92 Å². The van der Waals surface area contributed by atoms with Gasteiger partial charge in [-0.1, -0.05) is 6.07 Å². The van der Waals surface area contributed by atoms with Gasteiger partial charge in [0.15, 0.2) is 17.6 Å². The second kappa shape index (κ2) is 8.69. The van der Waals surface area contributed by atoms with Crippen LogP contribution in [0.25, 0.3) is 0 Å². The van der Waals surface area contributed by atoms with Gasteiger partial charge in [-0.2, -0.15) is 0 Å². The van der Waals surface area contributed by atoms with Gasteiger partial charge < -0.3 is 19.1 Å². The number of fused-ring (bicyclic) bond motifs is 1. The summed E-state index contributed by atoms with van der Waals surface area (Å²) < 4.78 is 29.9. The number of rotatable bonds is 5. The zero-order valence-corrected chi connectivity index (χ0v) is 16.5. The predicted molar refractivity (Wildman–Crippen MR) is 106 cm³/mol. The van der Waals surface area contributed by atoms with E-state index >= 15 is 0 Å². The van der Waals surface area contributed by atoms with Crippen molar-refractivity contribution >= 4 is 5.91 Å². The Morgan fingerprint density at radius 2 is 1.72 bits per heavy atom. The molecule has 4 rings (SSSR count). The fourth-order valence-electron chi connectivity index (χ4n) is 3.60. The van der Waals surface area contributed by atoms with Gasteiger partial charge in [-0.25, -0.2) is 4.39 Å². The standard InChI is InChI=1S/C22H25FN2O4/c1-16(29-19-5-3-18(23)4-6-19)22(26)25-10-8-24(9-11-25)15-17-2-7-20-21(14-17)28-13-12-27-20/h2-7,14,16H,8-13,15H2,1H3. The summed E-state index contributed by atoms with van der Waals surface area (Å²) in [6.45, 7) is 6.60. The zero-order chi connectivity index (χ0) is 20.2. The summed E-state index contributed by atoms with van der Waals surface area (Å²) in [5.41, 5.74) is 1.17. The van der Waals surface area contributed by atoms with Crippen LogP contribution in [-0.4, -0.2) is 61.2 Å². The summed E-state index contributed by atoms with van der Waals surface area (Å²) in [5, 5.41) is 0. The number of nitrogens with zero attached hydrogens (tertiary/aromatic N) is 2. The average molecular weight is 400 g/mol. The zero-order valence-electron chi connectivity index (χ0n) is 16.5. The van der Waals surface area contributed by atoms with E-state index < -0.39 is 6.10 Å². The molecule has 2 aliphatic rings. The fourth-order valence-corrected chi connectivity index (χ4v) is 3.60. The van der Waals surface area contributed by atoms with E-state index in [-0.39, 0.29) is 11.7 Å². The van der Waals surface area contributed by atoms with Crippen molar-refractivity contribution in [3.8, 4) is 17.2 Å². The molecule has 2 aromatic carbocycles. The SMILES string of the molecule is CC(Oc1ccc(F)cc1)C(=O)N1CCN(Cc2ccc3c(c2)OCCO3)CC1. The molecule has 0 aromatic heterocycles. The lowest BCUT2D eigenvalue weighted by molar-refractivity contribution is -0.139. The number of piperazine rings is 1. The quantitative estimate of drug-likeness (QED) is 0.773. The van der Waals surface area contributed by atoms with E-state index in [0.717, 1.165) is 31.1 Å². The summed E-state index contributed by atoms with van der Waals surface area (Å²) in [5.74, 6) is 1.71. The Labute approximate surface area is 169 Å². The Kier molecular flexibility index (Phi) is 5.85. The number of carbonyl (C=O) groups is 1. The minimum absolute atomic E-state index is 0.0479. The van der Waals surface area contributed by atoms with E-state index in [1.165, 1.54) is 29.8 Å². The van der Waals surface area contributed by atoms with Crippen molar-refractivity contribution < 1.29 is 23.4 Å². The molecule has 1 amide bonds. The Balaban J connectivity index is 1.27. The van der Waals surface area contributed by atoms with Crippen LogP contribution in [0.5, 0.6) is 17.2 Å². The molecule has 1 unspecified atom stereocenters. The molecule has 0 radical (unpaired) electrons. The third-order valence-electron chi connectivity index (χ3n) is 5.17. The smallest absolute Gasteiger partial charge is 0.263 e. The number of benzene rings is 2. The van der Waals surface area contributed by atoms with Gasteiger partial charge in [-0.05, 0) is 48.9 Å². The Morgan fingerprint density at radius 1 is 1.03 bits per heavy atom. The number of hydrogen-bond donors (Lipinski definition) is 0. The van der Waals surface area contributed by atoms with Crippen LogP contribution in [0, 0.1) is 5.82 Å². The first-order valence-electron chi connectivity index (χ1n) is 9.90. The van der Waals surface area contributed by atoms with Crippen molar-refractivity contribution in [2.24, 2.45) is 0 Å². The molecule has 0 aliphatic carbocycles. The lowest BCUT2D eigenvalue weighted by Crippen LogP contribution is -2.51. The minimum atomic E-state index is -0.607. The van der Waals surface area contributed by atoms with Crippen molar-refractivity contribution in [2.45, 2.75) is 19.6 Å². The summed E-state index contributed by atoms with van der Waals surface area (Å²) in [7, 11) is 0. The molecule has 0 saturated carbocycles. The molecule has 0 bridgehead atoms. The molecular weight excluding hydrogens is 375 g/mol. The van der Waals surface area contributed by atoms with Gasteiger partial charge in [0.1, 0.15) is 24.8 Å². The first-order chi connectivity index (χ1) is 14.1. The van der Waals surface area contributed by atoms with Crippen LogP contribution in [0.2, 0.25) is 0 Å². The van der Waals surface area contributed by atoms with Crippen molar-refractivity contribution in [3.63, 3.8) is 0 Å². The normalized spacial score (nSPS) is 17.7. The molecule has 2 aliphatic heterocycles. The molecular formula is C22H25FN2O4. The van der Waals surface area contributed by atoms with Crippen LogP contribution in [0.4, 0.5) is 4.39 Å². The Hall–Kier alpha value is -2.80. The van der Waals surface area contributed by atoms with Crippen molar-refractivity contribution in [1.29, 1.82) is 0 Å². The molecule has 2 aromatic rings. The van der Waals surface area contributed by atoms with Gasteiger partial charge in [0.25, 0.3) is 5.91 Å². The highest BCUT2D eigenvalue weighted by Gasteiger charge is 2.26. The monoisotopic (exact) mass is 400 g/mol. The first kappa shape index (κ1) is 19.5. The fraction of sp³-hybridized carbons (Fsp3) is 0.409. The lowest BCUT2D eigenvalue weighted by atomic mass is 10.1. The molecule has 154 valence electrons. The highest BCUT2D eigenvalue weighted by Crippen LogP contribution is 2.31. The van der Waals surface area contributed by atoms with E-state index in [1.807, 2.05) is 17.0 Å². The van der Waals surface area contributed by atoms with E-state index in [9.17, 15) is 9.18 Å². The lowest BCUT2D eigenvalue weighted by Gasteiger charge is -2.36. The summed E-state index contributed by atoms with van der Waals surface area (Å²) in [6, 6.07) is 11.8. The van der Waals surface area contributed by atoms with Gasteiger partial charge in [-0.3, -0.25) is 9.69 Å². The third kappa shape index (κ3) is 4.79. The van der Waals surface area contributed by atoms with Gasteiger partial charge in [0.05, 0.1) is 0 Å². The molecule has 7 heteroatoms. The number of ether oxygens (including phenoxy) is 3. The Bertz CT molecular complexity index is 850. The molecule has 0 spiro atoms. The average Bonchev–Trinajstić information content (AvgIpc) is 2.75. The molecule has 1 fully saturated rings. The largest absolute Gasteiger partial charge is 0.486 e. The molecule has 2 heterocycles. The van der Waals surface area contributed by atoms with Crippen molar-refractivity contribution in [3.05, 3.63) is 53.8 Å². The summed E-state index contributed by atoms with van der Waals surface area (Å²) >= 11 is 0. The third-order valence-corrected chi connectivity index (χ3v) is 5.17. The van der Waals surface area contributed by atoms with E-state index in [0.29, 0.717) is 32.1 Å². The summed E-state index contributed by atoms with van der Waals surface area (Å²) in [6.07, 6.45) is -0.607. The van der Waals surface area contributed by atoms with E-state index in [2.05, 4.69) is 11.0 Å². The second-order valence-electron chi connectivity index (χ2n) is 7.29. The topological polar surface area (TPSA) is 51.2 Å². The molecule has 29 heavy (non-hydrogen) atoms. The highest BCUT2D eigenvalue weighted by atomic mass is 19.1. The first-order valence-corrected chi connectivity index (χ1v) is 9.90. The second-order valence-corrected chi connectivity index (χ2v) is 7.29. The maximum absolute atomic E-state index is 13.0. The van der Waals surface area contributed by atoms with Crippen LogP contribution in [0.1, 0.15) is 12.5 Å². The minimum Gasteiger partial charge on any atom is -0.486 e. The molecule has 6 nitrogen and oxygen atoms in total. The Morgan fingerprint density at radius 3 is 2.45 bits per heavy atom. The van der Waals surface area contributed by atoms with Gasteiger partial charge in [0.2, 0.25) is 0 Å². The number of hydrogen-bond acceptors (Lipinski definition) is 5.